The number of benzene rings is 3. The summed E-state index contributed by atoms with van der Waals surface area (Å²) in [6.07, 6.45) is 1.89. The van der Waals surface area contributed by atoms with Gasteiger partial charge in [-0.05, 0) is 41.8 Å². The van der Waals surface area contributed by atoms with Gasteiger partial charge >= 0.3 is 5.97 Å². The predicted molar refractivity (Wildman–Crippen MR) is 133 cm³/mol. The summed E-state index contributed by atoms with van der Waals surface area (Å²) in [6, 6.07) is 24.9. The van der Waals surface area contributed by atoms with Gasteiger partial charge in [-0.15, -0.1) is 0 Å². The molecular weight excluding hydrogens is 448 g/mol. The molecule has 0 aromatic heterocycles. The van der Waals surface area contributed by atoms with Gasteiger partial charge in [0.15, 0.2) is 0 Å². The Balaban J connectivity index is 1.80. The summed E-state index contributed by atoms with van der Waals surface area (Å²) in [5.41, 5.74) is 3.68. The quantitative estimate of drug-likeness (QED) is 0.509. The summed E-state index contributed by atoms with van der Waals surface area (Å²) >= 11 is 6.50. The zero-order valence-electron chi connectivity index (χ0n) is 18.8. The van der Waals surface area contributed by atoms with Crippen molar-refractivity contribution in [2.45, 2.75) is 18.9 Å². The van der Waals surface area contributed by atoms with Crippen LogP contribution in [0.25, 0.3) is 5.70 Å². The van der Waals surface area contributed by atoms with Gasteiger partial charge in [0.2, 0.25) is 5.91 Å². The Morgan fingerprint density at radius 2 is 1.68 bits per heavy atom. The van der Waals surface area contributed by atoms with E-state index in [0.29, 0.717) is 28.5 Å². The van der Waals surface area contributed by atoms with E-state index in [4.69, 9.17) is 16.3 Å². The second-order valence-electron chi connectivity index (χ2n) is 8.33. The van der Waals surface area contributed by atoms with E-state index in [1.165, 1.54) is 7.11 Å². The van der Waals surface area contributed by atoms with Gasteiger partial charge in [-0.3, -0.25) is 4.79 Å². The van der Waals surface area contributed by atoms with Crippen molar-refractivity contribution in [1.29, 1.82) is 0 Å². The monoisotopic (exact) mass is 470 g/mol. The van der Waals surface area contributed by atoms with Crippen LogP contribution in [0.3, 0.4) is 0 Å². The largest absolute Gasteiger partial charge is 0.466 e. The highest BCUT2D eigenvalue weighted by Crippen LogP contribution is 2.51. The predicted octanol–water partition coefficient (Wildman–Crippen LogP) is 5.53. The minimum atomic E-state index is -1.31. The number of amides is 1. The summed E-state index contributed by atoms with van der Waals surface area (Å²) in [7, 11) is 1.34. The van der Waals surface area contributed by atoms with Crippen molar-refractivity contribution in [2.24, 2.45) is 0 Å². The second-order valence-corrected chi connectivity index (χ2v) is 8.74. The fourth-order valence-corrected chi connectivity index (χ4v) is 5.08. The lowest BCUT2D eigenvalue weighted by Gasteiger charge is -2.40. The molecule has 1 unspecified atom stereocenters. The average Bonchev–Trinajstić information content (AvgIpc) is 3.13. The van der Waals surface area contributed by atoms with Gasteiger partial charge in [0.05, 0.1) is 12.7 Å². The van der Waals surface area contributed by atoms with E-state index in [2.05, 4.69) is 5.32 Å². The fraction of sp³-hybridized carbons (Fsp3) is 0.143. The number of halogens is 1. The van der Waals surface area contributed by atoms with Crippen LogP contribution >= 0.6 is 11.6 Å². The fourth-order valence-electron chi connectivity index (χ4n) is 4.89. The Hall–Kier alpha value is -3.83. The molecule has 0 radical (unpaired) electrons. The molecule has 2 aliphatic rings. The van der Waals surface area contributed by atoms with Crippen LogP contribution in [0.1, 0.15) is 23.6 Å². The maximum Gasteiger partial charge on any atom is 0.337 e. The molecule has 170 valence electrons. The number of methoxy groups -OCH3 is 1. The number of hydrogen-bond acceptors (Lipinski definition) is 4. The number of para-hydroxylation sites is 1. The Morgan fingerprint density at radius 1 is 1.00 bits per heavy atom. The molecule has 1 atom stereocenters. The van der Waals surface area contributed by atoms with Gasteiger partial charge in [0, 0.05) is 28.6 Å². The maximum absolute atomic E-state index is 13.6. The molecule has 0 bridgehead atoms. The molecule has 0 saturated heterocycles. The topological polar surface area (TPSA) is 58.6 Å². The van der Waals surface area contributed by atoms with Crippen LogP contribution in [0.5, 0.6) is 0 Å². The number of esters is 1. The molecule has 34 heavy (non-hydrogen) atoms. The molecule has 2 heterocycles. The molecule has 5 rings (SSSR count). The van der Waals surface area contributed by atoms with Gasteiger partial charge in [-0.25, -0.2) is 4.79 Å². The lowest BCUT2D eigenvalue weighted by Crippen LogP contribution is -2.44. The minimum Gasteiger partial charge on any atom is -0.466 e. The normalized spacial score (nSPS) is 19.1. The van der Waals surface area contributed by atoms with E-state index >= 15 is 0 Å². The van der Waals surface area contributed by atoms with E-state index < -0.39 is 11.4 Å². The third kappa shape index (κ3) is 3.32. The van der Waals surface area contributed by atoms with E-state index in [1.807, 2.05) is 96.8 Å². The molecule has 3 aromatic carbocycles. The molecule has 1 N–H and O–H groups in total. The van der Waals surface area contributed by atoms with Gasteiger partial charge in [-0.1, -0.05) is 78.3 Å². The van der Waals surface area contributed by atoms with Crippen molar-refractivity contribution in [1.82, 2.24) is 4.90 Å². The molecule has 0 fully saturated rings. The van der Waals surface area contributed by atoms with Crippen molar-refractivity contribution < 1.29 is 14.3 Å². The summed E-state index contributed by atoms with van der Waals surface area (Å²) in [6.45, 7) is 2.28. The lowest BCUT2D eigenvalue weighted by atomic mass is 9.71. The molecule has 2 aliphatic heterocycles. The summed E-state index contributed by atoms with van der Waals surface area (Å²) in [4.78, 5) is 28.9. The van der Waals surface area contributed by atoms with Crippen molar-refractivity contribution in [3.8, 4) is 0 Å². The van der Waals surface area contributed by atoms with Crippen molar-refractivity contribution in [3.05, 3.63) is 118 Å². The Morgan fingerprint density at radius 3 is 2.41 bits per heavy atom. The first-order valence-corrected chi connectivity index (χ1v) is 11.3. The SMILES string of the molecule is COC(=O)C1=C(C)N(Cc2ccccc2Cl)C(c2ccccc2)=CC12C(=O)Nc1ccccc12. The van der Waals surface area contributed by atoms with Gasteiger partial charge in [-0.2, -0.15) is 0 Å². The number of nitrogens with one attached hydrogen (secondary N) is 1. The summed E-state index contributed by atoms with van der Waals surface area (Å²) in [5, 5.41) is 3.60. The average molecular weight is 471 g/mol. The Bertz CT molecular complexity index is 1360. The highest BCUT2D eigenvalue weighted by Gasteiger charge is 2.54. The zero-order chi connectivity index (χ0) is 23.9. The Labute approximate surface area is 203 Å². The molecular formula is C28H23ClN2O3. The van der Waals surface area contributed by atoms with Crippen LogP contribution in [0.4, 0.5) is 5.69 Å². The molecule has 3 aromatic rings. The number of carbonyl (C=O) groups is 2. The number of fused-ring (bicyclic) bond motifs is 2. The number of nitrogens with zero attached hydrogens (tertiary/aromatic N) is 1. The van der Waals surface area contributed by atoms with E-state index in [1.54, 1.807) is 0 Å². The molecule has 6 heteroatoms. The summed E-state index contributed by atoms with van der Waals surface area (Å²) in [5.74, 6) is -0.823. The lowest BCUT2D eigenvalue weighted by molar-refractivity contribution is -0.138. The zero-order valence-corrected chi connectivity index (χ0v) is 19.6. The second kappa shape index (κ2) is 8.50. The minimum absolute atomic E-state index is 0.278. The van der Waals surface area contributed by atoms with E-state index in [-0.39, 0.29) is 5.91 Å². The smallest absolute Gasteiger partial charge is 0.337 e. The van der Waals surface area contributed by atoms with Gasteiger partial charge in [0.25, 0.3) is 0 Å². The number of carbonyl (C=O) groups excluding carboxylic acids is 2. The van der Waals surface area contributed by atoms with Crippen molar-refractivity contribution in [2.75, 3.05) is 12.4 Å². The standard InChI is InChI=1S/C28H23ClN2O3/c1-18-25(26(32)34-2)28(21-13-7-9-15-23(21)30-27(28)33)16-24(19-10-4-3-5-11-19)31(18)17-20-12-6-8-14-22(20)29/h3-16H,17H2,1-2H3,(H,30,33). The highest BCUT2D eigenvalue weighted by molar-refractivity contribution is 6.31. The maximum atomic E-state index is 13.6. The molecule has 1 spiro atoms. The van der Waals surface area contributed by atoms with Crippen LogP contribution in [0, 0.1) is 0 Å². The third-order valence-corrected chi connectivity index (χ3v) is 6.88. The number of hydrogen-bond donors (Lipinski definition) is 1. The molecule has 0 saturated carbocycles. The van der Waals surface area contributed by atoms with Crippen molar-refractivity contribution in [3.63, 3.8) is 0 Å². The molecule has 1 amide bonds. The number of allylic oxidation sites excluding steroid dienone is 1. The van der Waals surface area contributed by atoms with Gasteiger partial charge < -0.3 is 15.0 Å². The Kier molecular flexibility index (Phi) is 5.50. The molecule has 5 nitrogen and oxygen atoms in total. The van der Waals surface area contributed by atoms with Crippen LogP contribution in [-0.4, -0.2) is 23.9 Å². The number of anilines is 1. The first-order valence-electron chi connectivity index (χ1n) is 11.0. The highest BCUT2D eigenvalue weighted by atomic mass is 35.5. The van der Waals surface area contributed by atoms with E-state index in [9.17, 15) is 9.59 Å². The van der Waals surface area contributed by atoms with Crippen molar-refractivity contribution >= 4 is 34.9 Å². The molecule has 0 aliphatic carbocycles. The first kappa shape index (κ1) is 22.0. The van der Waals surface area contributed by atoms with Crippen LogP contribution in [-0.2, 0) is 26.3 Å². The number of rotatable bonds is 4. The number of ether oxygens (including phenoxy) is 1. The third-order valence-electron chi connectivity index (χ3n) is 6.51. The van der Waals surface area contributed by atoms with E-state index in [0.717, 1.165) is 22.4 Å². The first-order chi connectivity index (χ1) is 16.5. The van der Waals surface area contributed by atoms with Crippen LogP contribution in [0.15, 0.2) is 96.2 Å². The van der Waals surface area contributed by atoms with Gasteiger partial charge in [0.1, 0.15) is 5.41 Å². The van der Waals surface area contributed by atoms with Crippen LogP contribution < -0.4 is 5.32 Å². The summed E-state index contributed by atoms with van der Waals surface area (Å²) < 4.78 is 5.21. The van der Waals surface area contributed by atoms with Crippen LogP contribution in [0.2, 0.25) is 5.02 Å².